The van der Waals surface area contributed by atoms with Crippen molar-refractivity contribution in [1.82, 2.24) is 0 Å². The third-order valence-electron chi connectivity index (χ3n) is 3.73. The van der Waals surface area contributed by atoms with Gasteiger partial charge in [0.25, 0.3) is 0 Å². The molecule has 0 atom stereocenters. The van der Waals surface area contributed by atoms with Crippen LogP contribution in [0.2, 0.25) is 5.02 Å². The average Bonchev–Trinajstić information content (AvgIpc) is 2.58. The Kier molecular flexibility index (Phi) is 5.50. The maximum absolute atomic E-state index is 12.2. The van der Waals surface area contributed by atoms with Crippen LogP contribution in [0.25, 0.3) is 0 Å². The average molecular weight is 397 g/mol. The van der Waals surface area contributed by atoms with Gasteiger partial charge in [-0.1, -0.05) is 23.7 Å². The molecule has 2 aromatic carbocycles. The van der Waals surface area contributed by atoms with Crippen molar-refractivity contribution in [1.29, 1.82) is 0 Å². The molecule has 0 aliphatic carbocycles. The molecule has 1 aliphatic rings. The van der Waals surface area contributed by atoms with E-state index in [1.807, 2.05) is 0 Å². The number of hydrogen-bond donors (Lipinski definition) is 0. The SMILES string of the molecule is CS(=O)(=O)Cc1ccc(C(=O)OCc2cc(Cl)cc3c2OCOC3)cc1. The molecule has 0 aromatic heterocycles. The van der Waals surface area contributed by atoms with E-state index in [4.69, 9.17) is 25.8 Å². The molecule has 3 rings (SSSR count). The van der Waals surface area contributed by atoms with Gasteiger partial charge >= 0.3 is 5.97 Å². The summed E-state index contributed by atoms with van der Waals surface area (Å²) in [6.07, 6.45) is 1.16. The van der Waals surface area contributed by atoms with Gasteiger partial charge in [-0.3, -0.25) is 0 Å². The molecule has 138 valence electrons. The molecule has 0 amide bonds. The Hall–Kier alpha value is -2.09. The first-order valence-corrected chi connectivity index (χ1v) is 10.2. The van der Waals surface area contributed by atoms with E-state index in [1.165, 1.54) is 0 Å². The molecule has 0 saturated carbocycles. The maximum Gasteiger partial charge on any atom is 0.338 e. The first-order chi connectivity index (χ1) is 12.3. The van der Waals surface area contributed by atoms with Gasteiger partial charge in [0, 0.05) is 22.4 Å². The highest BCUT2D eigenvalue weighted by Crippen LogP contribution is 2.32. The number of halogens is 1. The second-order valence-electron chi connectivity index (χ2n) is 6.01. The molecule has 0 unspecified atom stereocenters. The van der Waals surface area contributed by atoms with Crippen molar-refractivity contribution in [2.45, 2.75) is 19.0 Å². The zero-order valence-electron chi connectivity index (χ0n) is 14.0. The van der Waals surface area contributed by atoms with Crippen LogP contribution in [0.4, 0.5) is 0 Å². The molecule has 1 aliphatic heterocycles. The Balaban J connectivity index is 1.69. The van der Waals surface area contributed by atoms with Crippen LogP contribution in [0.15, 0.2) is 36.4 Å². The van der Waals surface area contributed by atoms with Gasteiger partial charge in [0.1, 0.15) is 12.4 Å². The number of ether oxygens (including phenoxy) is 3. The molecule has 0 bridgehead atoms. The smallest absolute Gasteiger partial charge is 0.338 e. The number of carbonyl (C=O) groups is 1. The topological polar surface area (TPSA) is 78.9 Å². The predicted octanol–water partition coefficient (Wildman–Crippen LogP) is 3.11. The van der Waals surface area contributed by atoms with Crippen molar-refractivity contribution in [3.63, 3.8) is 0 Å². The van der Waals surface area contributed by atoms with Crippen LogP contribution >= 0.6 is 11.6 Å². The highest BCUT2D eigenvalue weighted by Gasteiger charge is 2.18. The summed E-state index contributed by atoms with van der Waals surface area (Å²) >= 11 is 6.08. The summed E-state index contributed by atoms with van der Waals surface area (Å²) in [5, 5.41) is 0.508. The molecule has 8 heteroatoms. The second kappa shape index (κ2) is 7.65. The van der Waals surface area contributed by atoms with Crippen LogP contribution in [0.5, 0.6) is 5.75 Å². The van der Waals surface area contributed by atoms with Crippen LogP contribution < -0.4 is 4.74 Å². The van der Waals surface area contributed by atoms with Gasteiger partial charge in [-0.05, 0) is 29.8 Å². The molecular formula is C18H17ClO6S. The number of hydrogen-bond acceptors (Lipinski definition) is 6. The molecular weight excluding hydrogens is 380 g/mol. The van der Waals surface area contributed by atoms with Gasteiger partial charge in [0.15, 0.2) is 16.6 Å². The van der Waals surface area contributed by atoms with E-state index in [0.29, 0.717) is 34.1 Å². The standard InChI is InChI=1S/C18H17ClO6S/c1-26(21,22)10-12-2-4-13(5-3-12)18(20)24-9-15-7-16(19)6-14-8-23-11-25-17(14)15/h2-7H,8-11H2,1H3. The summed E-state index contributed by atoms with van der Waals surface area (Å²) in [6, 6.07) is 9.72. The van der Waals surface area contributed by atoms with Gasteiger partial charge in [-0.25, -0.2) is 13.2 Å². The molecule has 0 saturated heterocycles. The lowest BCUT2D eigenvalue weighted by Gasteiger charge is -2.21. The highest BCUT2D eigenvalue weighted by atomic mass is 35.5. The van der Waals surface area contributed by atoms with Gasteiger partial charge in [-0.15, -0.1) is 0 Å². The summed E-state index contributed by atoms with van der Waals surface area (Å²) in [5.41, 5.74) is 2.42. The molecule has 0 N–H and O–H groups in total. The second-order valence-corrected chi connectivity index (χ2v) is 8.58. The van der Waals surface area contributed by atoms with Crippen molar-refractivity contribution in [2.24, 2.45) is 0 Å². The van der Waals surface area contributed by atoms with E-state index < -0.39 is 15.8 Å². The first kappa shape index (κ1) is 18.7. The third-order valence-corrected chi connectivity index (χ3v) is 4.80. The van der Waals surface area contributed by atoms with E-state index in [9.17, 15) is 13.2 Å². The monoisotopic (exact) mass is 396 g/mol. The summed E-state index contributed by atoms with van der Waals surface area (Å²) in [4.78, 5) is 12.2. The molecule has 6 nitrogen and oxygen atoms in total. The van der Waals surface area contributed by atoms with E-state index in [1.54, 1.807) is 36.4 Å². The predicted molar refractivity (Wildman–Crippen MR) is 95.8 cm³/mol. The maximum atomic E-state index is 12.2. The molecule has 2 aromatic rings. The summed E-state index contributed by atoms with van der Waals surface area (Å²) in [5.74, 6) is 0.0322. The zero-order chi connectivity index (χ0) is 18.7. The van der Waals surface area contributed by atoms with E-state index in [2.05, 4.69) is 0 Å². The Labute approximate surface area is 156 Å². The van der Waals surface area contributed by atoms with Crippen molar-refractivity contribution in [2.75, 3.05) is 13.0 Å². The first-order valence-electron chi connectivity index (χ1n) is 7.77. The number of sulfone groups is 1. The van der Waals surface area contributed by atoms with Gasteiger partial charge < -0.3 is 14.2 Å². The Bertz CT molecular complexity index is 921. The van der Waals surface area contributed by atoms with E-state index in [-0.39, 0.29) is 19.2 Å². The van der Waals surface area contributed by atoms with Crippen LogP contribution in [0.1, 0.15) is 27.0 Å². The van der Waals surface area contributed by atoms with Crippen LogP contribution in [-0.4, -0.2) is 27.4 Å². The molecule has 0 radical (unpaired) electrons. The van der Waals surface area contributed by atoms with Gasteiger partial charge in [0.2, 0.25) is 0 Å². The minimum Gasteiger partial charge on any atom is -0.467 e. The fraction of sp³-hybridized carbons (Fsp3) is 0.278. The highest BCUT2D eigenvalue weighted by molar-refractivity contribution is 7.89. The molecule has 0 spiro atoms. The summed E-state index contributed by atoms with van der Waals surface area (Å²) in [6.45, 7) is 0.531. The lowest BCUT2D eigenvalue weighted by molar-refractivity contribution is -0.0180. The fourth-order valence-corrected chi connectivity index (χ4v) is 3.69. The number of benzene rings is 2. The van der Waals surface area contributed by atoms with Gasteiger partial charge in [-0.2, -0.15) is 0 Å². The minimum atomic E-state index is -3.12. The summed E-state index contributed by atoms with van der Waals surface area (Å²) < 4.78 is 38.6. The molecule has 0 fully saturated rings. The lowest BCUT2D eigenvalue weighted by Crippen LogP contribution is -2.14. The Morgan fingerprint density at radius 2 is 1.96 bits per heavy atom. The molecule has 1 heterocycles. The largest absolute Gasteiger partial charge is 0.467 e. The van der Waals surface area contributed by atoms with E-state index >= 15 is 0 Å². The fourth-order valence-electron chi connectivity index (χ4n) is 2.63. The minimum absolute atomic E-state index is 0.00676. The van der Waals surface area contributed by atoms with Crippen molar-refractivity contribution >= 4 is 27.4 Å². The van der Waals surface area contributed by atoms with Gasteiger partial charge in [0.05, 0.1) is 17.9 Å². The van der Waals surface area contributed by atoms with Crippen LogP contribution in [-0.2, 0) is 38.3 Å². The Morgan fingerprint density at radius 1 is 1.23 bits per heavy atom. The number of esters is 1. The van der Waals surface area contributed by atoms with Crippen molar-refractivity contribution in [3.8, 4) is 5.75 Å². The number of carbonyl (C=O) groups excluding carboxylic acids is 1. The van der Waals surface area contributed by atoms with E-state index in [0.717, 1.165) is 11.8 Å². The molecule has 26 heavy (non-hydrogen) atoms. The quantitative estimate of drug-likeness (QED) is 0.722. The van der Waals surface area contributed by atoms with Crippen LogP contribution in [0, 0.1) is 0 Å². The van der Waals surface area contributed by atoms with Crippen LogP contribution in [0.3, 0.4) is 0 Å². The summed E-state index contributed by atoms with van der Waals surface area (Å²) in [7, 11) is -3.12. The number of rotatable bonds is 5. The Morgan fingerprint density at radius 3 is 2.65 bits per heavy atom. The lowest BCUT2D eigenvalue weighted by atomic mass is 10.1. The van der Waals surface area contributed by atoms with Crippen molar-refractivity contribution < 1.29 is 27.4 Å². The zero-order valence-corrected chi connectivity index (χ0v) is 15.6. The number of fused-ring (bicyclic) bond motifs is 1. The normalized spacial score (nSPS) is 13.6. The van der Waals surface area contributed by atoms with Crippen molar-refractivity contribution in [3.05, 3.63) is 63.7 Å². The third kappa shape index (κ3) is 4.75.